The van der Waals surface area contributed by atoms with Gasteiger partial charge in [-0.2, -0.15) is 13.2 Å². The van der Waals surface area contributed by atoms with Crippen molar-refractivity contribution < 1.29 is 41.0 Å². The van der Waals surface area contributed by atoms with E-state index in [-0.39, 0.29) is 25.2 Å². The Kier molecular flexibility index (Phi) is 7.83. The molecule has 11 heteroatoms. The van der Waals surface area contributed by atoms with E-state index >= 15 is 4.39 Å². The standard InChI is InChI=1S/C31H37F5N2O4/c1-27(2,3)41-25(39)37-15-14-30(17-19-8-11-21(32)12-9-19)22-13-10-20(29(7,33)31(34,35)36)16-23(22)38(18-24(30)37)26(40)42-28(4,5)6/h8-13,16,24H,14-15,17-18H2,1-7H3. The summed E-state index contributed by atoms with van der Waals surface area (Å²) in [4.78, 5) is 29.7. The number of nitrogens with zero attached hydrogens (tertiary/aromatic N) is 2. The van der Waals surface area contributed by atoms with Crippen LogP contribution in [0.2, 0.25) is 0 Å². The summed E-state index contributed by atoms with van der Waals surface area (Å²) in [6.07, 6.45) is -6.01. The molecule has 0 aromatic heterocycles. The Morgan fingerprint density at radius 3 is 2.00 bits per heavy atom. The van der Waals surface area contributed by atoms with E-state index in [4.69, 9.17) is 9.47 Å². The molecule has 0 aliphatic carbocycles. The lowest BCUT2D eigenvalue weighted by atomic mass is 9.67. The van der Waals surface area contributed by atoms with Crippen molar-refractivity contribution in [3.05, 3.63) is 65.0 Å². The van der Waals surface area contributed by atoms with Gasteiger partial charge >= 0.3 is 18.4 Å². The highest BCUT2D eigenvalue weighted by atomic mass is 19.4. The van der Waals surface area contributed by atoms with Crippen LogP contribution in [0.3, 0.4) is 0 Å². The zero-order chi connectivity index (χ0) is 31.5. The van der Waals surface area contributed by atoms with Crippen molar-refractivity contribution in [1.82, 2.24) is 4.90 Å². The van der Waals surface area contributed by atoms with Crippen LogP contribution in [-0.4, -0.2) is 53.6 Å². The fourth-order valence-electron chi connectivity index (χ4n) is 5.73. The monoisotopic (exact) mass is 596 g/mol. The Balaban J connectivity index is 1.93. The number of hydrogen-bond donors (Lipinski definition) is 0. The average Bonchev–Trinajstić information content (AvgIpc) is 3.21. The molecule has 3 unspecified atom stereocenters. The number of ether oxygens (including phenoxy) is 2. The lowest BCUT2D eigenvalue weighted by molar-refractivity contribution is -0.228. The van der Waals surface area contributed by atoms with Gasteiger partial charge in [0.2, 0.25) is 5.67 Å². The third-order valence-corrected chi connectivity index (χ3v) is 7.74. The van der Waals surface area contributed by atoms with Crippen molar-refractivity contribution in [3.63, 3.8) is 0 Å². The first-order valence-electron chi connectivity index (χ1n) is 13.8. The number of anilines is 1. The molecular formula is C31H37F5N2O4. The van der Waals surface area contributed by atoms with Gasteiger partial charge in [0.25, 0.3) is 0 Å². The Morgan fingerprint density at radius 2 is 1.45 bits per heavy atom. The van der Waals surface area contributed by atoms with Gasteiger partial charge in [0.15, 0.2) is 0 Å². The fourth-order valence-corrected chi connectivity index (χ4v) is 5.73. The van der Waals surface area contributed by atoms with Gasteiger partial charge in [-0.25, -0.2) is 18.4 Å². The van der Waals surface area contributed by atoms with Crippen molar-refractivity contribution in [2.24, 2.45) is 0 Å². The normalized spacial score (nSPS) is 22.2. The van der Waals surface area contributed by atoms with E-state index in [9.17, 15) is 27.2 Å². The number of benzene rings is 2. The average molecular weight is 597 g/mol. The second kappa shape index (κ2) is 10.4. The number of fused-ring (bicyclic) bond motifs is 3. The Hall–Kier alpha value is -3.37. The maximum absolute atomic E-state index is 15.2. The predicted octanol–water partition coefficient (Wildman–Crippen LogP) is 7.82. The zero-order valence-corrected chi connectivity index (χ0v) is 24.9. The number of hydrogen-bond acceptors (Lipinski definition) is 4. The molecule has 0 N–H and O–H groups in total. The lowest BCUT2D eigenvalue weighted by Gasteiger charge is -2.47. The predicted molar refractivity (Wildman–Crippen MR) is 148 cm³/mol. The molecule has 2 aromatic rings. The highest BCUT2D eigenvalue weighted by molar-refractivity contribution is 5.91. The first-order valence-corrected chi connectivity index (χ1v) is 13.8. The first kappa shape index (κ1) is 31.6. The summed E-state index contributed by atoms with van der Waals surface area (Å²) >= 11 is 0. The molecule has 2 heterocycles. The minimum Gasteiger partial charge on any atom is -0.444 e. The largest absolute Gasteiger partial charge is 0.444 e. The SMILES string of the molecule is CC(C)(C)OC(=O)N1CC2N(C(=O)OC(C)(C)C)CCC2(Cc2ccc(F)cc2)c2ccc(C(C)(F)C(F)(F)F)cc21. The van der Waals surface area contributed by atoms with Gasteiger partial charge in [-0.05, 0) is 90.6 Å². The minimum atomic E-state index is -5.21. The van der Waals surface area contributed by atoms with Crippen molar-refractivity contribution in [2.75, 3.05) is 18.0 Å². The molecular weight excluding hydrogens is 559 g/mol. The van der Waals surface area contributed by atoms with Crippen LogP contribution in [0.4, 0.5) is 37.2 Å². The molecule has 3 atom stereocenters. The van der Waals surface area contributed by atoms with Crippen LogP contribution in [-0.2, 0) is 27.0 Å². The molecule has 0 spiro atoms. The summed E-state index contributed by atoms with van der Waals surface area (Å²) in [6, 6.07) is 8.67. The molecule has 0 bridgehead atoms. The van der Waals surface area contributed by atoms with Gasteiger partial charge in [-0.1, -0.05) is 24.3 Å². The van der Waals surface area contributed by atoms with Crippen molar-refractivity contribution in [3.8, 4) is 0 Å². The number of halogens is 5. The van der Waals surface area contributed by atoms with Crippen LogP contribution >= 0.6 is 0 Å². The summed E-state index contributed by atoms with van der Waals surface area (Å²) in [6.45, 7) is 10.7. The smallest absolute Gasteiger partial charge is 0.426 e. The molecule has 42 heavy (non-hydrogen) atoms. The van der Waals surface area contributed by atoms with E-state index in [1.165, 1.54) is 28.0 Å². The summed E-state index contributed by atoms with van der Waals surface area (Å²) in [5.41, 5.74) is -5.78. The van der Waals surface area contributed by atoms with Crippen LogP contribution < -0.4 is 4.90 Å². The second-order valence-electron chi connectivity index (χ2n) is 13.2. The highest BCUT2D eigenvalue weighted by Gasteiger charge is 2.58. The summed E-state index contributed by atoms with van der Waals surface area (Å²) < 4.78 is 81.5. The molecule has 6 nitrogen and oxygen atoms in total. The maximum Gasteiger partial charge on any atom is 0.426 e. The molecule has 1 saturated heterocycles. The van der Waals surface area contributed by atoms with Gasteiger partial charge in [0.05, 0.1) is 18.3 Å². The van der Waals surface area contributed by atoms with Crippen LogP contribution in [0.15, 0.2) is 42.5 Å². The third-order valence-electron chi connectivity index (χ3n) is 7.74. The topological polar surface area (TPSA) is 59.1 Å². The molecule has 2 aliphatic rings. The van der Waals surface area contributed by atoms with E-state index in [0.717, 1.165) is 17.7 Å². The Morgan fingerprint density at radius 1 is 0.881 bits per heavy atom. The molecule has 2 aromatic carbocycles. The number of rotatable bonds is 3. The van der Waals surface area contributed by atoms with E-state index in [2.05, 4.69) is 0 Å². The van der Waals surface area contributed by atoms with Crippen LogP contribution in [0.5, 0.6) is 0 Å². The molecule has 0 saturated carbocycles. The van der Waals surface area contributed by atoms with Gasteiger partial charge in [-0.15, -0.1) is 0 Å². The van der Waals surface area contributed by atoms with Gasteiger partial charge in [0.1, 0.15) is 17.0 Å². The lowest BCUT2D eigenvalue weighted by Crippen LogP contribution is -2.58. The van der Waals surface area contributed by atoms with E-state index in [0.29, 0.717) is 18.9 Å². The summed E-state index contributed by atoms with van der Waals surface area (Å²) in [5.74, 6) is -0.436. The van der Waals surface area contributed by atoms with Gasteiger partial charge < -0.3 is 14.4 Å². The number of carbonyl (C=O) groups is 2. The number of amides is 2. The molecule has 2 amide bonds. The maximum atomic E-state index is 15.2. The molecule has 2 aliphatic heterocycles. The van der Waals surface area contributed by atoms with Gasteiger partial charge in [0, 0.05) is 17.5 Å². The number of carbonyl (C=O) groups excluding carboxylic acids is 2. The summed E-state index contributed by atoms with van der Waals surface area (Å²) in [5, 5.41) is 0. The van der Waals surface area contributed by atoms with Crippen LogP contribution in [0, 0.1) is 5.82 Å². The third kappa shape index (κ3) is 6.06. The zero-order valence-electron chi connectivity index (χ0n) is 24.9. The van der Waals surface area contributed by atoms with E-state index in [1.54, 1.807) is 53.7 Å². The minimum absolute atomic E-state index is 0.0688. The Labute approximate surface area is 242 Å². The Bertz CT molecular complexity index is 1350. The van der Waals surface area contributed by atoms with Gasteiger partial charge in [-0.3, -0.25) is 4.90 Å². The highest BCUT2D eigenvalue weighted by Crippen LogP contribution is 2.52. The van der Waals surface area contributed by atoms with Crippen molar-refractivity contribution in [1.29, 1.82) is 0 Å². The quantitative estimate of drug-likeness (QED) is 0.339. The fraction of sp³-hybridized carbons (Fsp3) is 0.548. The molecule has 4 rings (SSSR count). The molecule has 1 fully saturated rings. The van der Waals surface area contributed by atoms with Crippen LogP contribution in [0.1, 0.15) is 71.6 Å². The second-order valence-corrected chi connectivity index (χ2v) is 13.2. The molecule has 230 valence electrons. The molecule has 0 radical (unpaired) electrons. The summed E-state index contributed by atoms with van der Waals surface area (Å²) in [7, 11) is 0. The van der Waals surface area contributed by atoms with E-state index < -0.39 is 58.1 Å². The number of likely N-dealkylation sites (tertiary alicyclic amines) is 1. The number of alkyl halides is 4. The van der Waals surface area contributed by atoms with Crippen molar-refractivity contribution >= 4 is 17.9 Å². The first-order chi connectivity index (χ1) is 19.1. The van der Waals surface area contributed by atoms with Crippen LogP contribution in [0.25, 0.3) is 0 Å². The van der Waals surface area contributed by atoms with Crippen molar-refractivity contribution in [2.45, 2.75) is 95.8 Å². The van der Waals surface area contributed by atoms with E-state index in [1.807, 2.05) is 0 Å².